The van der Waals surface area contributed by atoms with Gasteiger partial charge in [0.15, 0.2) is 0 Å². The lowest BCUT2D eigenvalue weighted by atomic mass is 9.89. The van der Waals surface area contributed by atoms with Crippen LogP contribution in [-0.2, 0) is 4.74 Å². The average Bonchev–Trinajstić information content (AvgIpc) is 2.46. The standard InChI is InChI=1S/C15H31N3O/c1-4-15(2)13-14(5-12-19-15)17(3)10-11-18-8-6-16-7-9-18/h14,16H,4-13H2,1-3H3. The Morgan fingerprint density at radius 3 is 2.79 bits per heavy atom. The fourth-order valence-electron chi connectivity index (χ4n) is 3.14. The number of nitrogens with zero attached hydrogens (tertiary/aromatic N) is 2. The number of nitrogens with one attached hydrogen (secondary N) is 1. The van der Waals surface area contributed by atoms with Crippen LogP contribution in [-0.4, -0.2) is 74.4 Å². The quantitative estimate of drug-likeness (QED) is 0.811. The minimum Gasteiger partial charge on any atom is -0.375 e. The molecule has 2 aliphatic rings. The molecule has 0 amide bonds. The van der Waals surface area contributed by atoms with Crippen LogP contribution in [0.4, 0.5) is 0 Å². The average molecular weight is 269 g/mol. The Bertz CT molecular complexity index is 268. The molecule has 2 rings (SSSR count). The van der Waals surface area contributed by atoms with Gasteiger partial charge in [-0.05, 0) is 33.2 Å². The van der Waals surface area contributed by atoms with E-state index in [4.69, 9.17) is 4.74 Å². The SMILES string of the molecule is CCC1(C)CC(N(C)CCN2CCNCC2)CCO1. The molecule has 0 bridgehead atoms. The third kappa shape index (κ3) is 4.42. The molecule has 112 valence electrons. The van der Waals surface area contributed by atoms with Crippen molar-refractivity contribution in [1.29, 1.82) is 0 Å². The molecule has 2 saturated heterocycles. The lowest BCUT2D eigenvalue weighted by Crippen LogP contribution is -2.49. The first-order valence-electron chi connectivity index (χ1n) is 7.90. The van der Waals surface area contributed by atoms with Crippen molar-refractivity contribution in [2.45, 2.75) is 44.8 Å². The molecular weight excluding hydrogens is 238 g/mol. The van der Waals surface area contributed by atoms with E-state index in [1.807, 2.05) is 0 Å². The zero-order valence-corrected chi connectivity index (χ0v) is 13.0. The molecule has 19 heavy (non-hydrogen) atoms. The maximum atomic E-state index is 5.94. The number of hydrogen-bond acceptors (Lipinski definition) is 4. The van der Waals surface area contributed by atoms with Crippen molar-refractivity contribution in [2.75, 3.05) is 52.9 Å². The van der Waals surface area contributed by atoms with Gasteiger partial charge in [0.05, 0.1) is 5.60 Å². The van der Waals surface area contributed by atoms with E-state index in [2.05, 4.69) is 36.0 Å². The fraction of sp³-hybridized carbons (Fsp3) is 1.00. The molecule has 0 spiro atoms. The van der Waals surface area contributed by atoms with Gasteiger partial charge in [-0.15, -0.1) is 0 Å². The first-order chi connectivity index (χ1) is 9.13. The van der Waals surface area contributed by atoms with E-state index in [9.17, 15) is 0 Å². The largest absolute Gasteiger partial charge is 0.375 e. The third-order valence-corrected chi connectivity index (χ3v) is 4.92. The Hall–Kier alpha value is -0.160. The number of hydrogen-bond donors (Lipinski definition) is 1. The van der Waals surface area contributed by atoms with Crippen molar-refractivity contribution in [2.24, 2.45) is 0 Å². The predicted octanol–water partition coefficient (Wildman–Crippen LogP) is 1.17. The predicted molar refractivity (Wildman–Crippen MR) is 79.6 cm³/mol. The highest BCUT2D eigenvalue weighted by Gasteiger charge is 2.33. The molecule has 0 saturated carbocycles. The van der Waals surface area contributed by atoms with Gasteiger partial charge in [-0.3, -0.25) is 4.90 Å². The maximum absolute atomic E-state index is 5.94. The molecule has 2 aliphatic heterocycles. The van der Waals surface area contributed by atoms with Gasteiger partial charge in [0.1, 0.15) is 0 Å². The number of ether oxygens (including phenoxy) is 1. The summed E-state index contributed by atoms with van der Waals surface area (Å²) in [6.07, 6.45) is 3.49. The van der Waals surface area contributed by atoms with Gasteiger partial charge in [-0.2, -0.15) is 0 Å². The first-order valence-corrected chi connectivity index (χ1v) is 7.90. The van der Waals surface area contributed by atoms with Crippen molar-refractivity contribution < 1.29 is 4.74 Å². The summed E-state index contributed by atoms with van der Waals surface area (Å²) >= 11 is 0. The van der Waals surface area contributed by atoms with Gasteiger partial charge in [0.25, 0.3) is 0 Å². The smallest absolute Gasteiger partial charge is 0.0666 e. The Kier molecular flexibility index (Phi) is 5.63. The van der Waals surface area contributed by atoms with E-state index >= 15 is 0 Å². The van der Waals surface area contributed by atoms with Crippen LogP contribution in [0.1, 0.15) is 33.1 Å². The van der Waals surface area contributed by atoms with Crippen LogP contribution >= 0.6 is 0 Å². The topological polar surface area (TPSA) is 27.7 Å². The molecule has 2 unspecified atom stereocenters. The molecular formula is C15H31N3O. The second kappa shape index (κ2) is 7.02. The molecule has 0 aromatic carbocycles. The highest BCUT2D eigenvalue weighted by atomic mass is 16.5. The molecule has 2 heterocycles. The summed E-state index contributed by atoms with van der Waals surface area (Å²) in [5.41, 5.74) is 0.103. The molecule has 4 heteroatoms. The van der Waals surface area contributed by atoms with Gasteiger partial charge >= 0.3 is 0 Å². The van der Waals surface area contributed by atoms with Crippen molar-refractivity contribution in [3.8, 4) is 0 Å². The summed E-state index contributed by atoms with van der Waals surface area (Å²) in [7, 11) is 2.29. The van der Waals surface area contributed by atoms with E-state index in [-0.39, 0.29) is 5.60 Å². The van der Waals surface area contributed by atoms with Crippen LogP contribution in [0, 0.1) is 0 Å². The Labute approximate surface area is 118 Å². The fourth-order valence-corrected chi connectivity index (χ4v) is 3.14. The van der Waals surface area contributed by atoms with Crippen LogP contribution in [0.3, 0.4) is 0 Å². The molecule has 0 aliphatic carbocycles. The number of likely N-dealkylation sites (N-methyl/N-ethyl adjacent to an activating group) is 1. The highest BCUT2D eigenvalue weighted by Crippen LogP contribution is 2.29. The molecule has 0 aromatic rings. The van der Waals surface area contributed by atoms with E-state index in [0.717, 1.165) is 26.1 Å². The minimum atomic E-state index is 0.103. The molecule has 0 radical (unpaired) electrons. The van der Waals surface area contributed by atoms with Gasteiger partial charge in [0, 0.05) is 51.9 Å². The summed E-state index contributed by atoms with van der Waals surface area (Å²) in [5, 5.41) is 3.41. The molecule has 2 fully saturated rings. The van der Waals surface area contributed by atoms with Crippen molar-refractivity contribution in [1.82, 2.24) is 15.1 Å². The third-order valence-electron chi connectivity index (χ3n) is 4.92. The first kappa shape index (κ1) is 15.2. The number of rotatable bonds is 5. The summed E-state index contributed by atoms with van der Waals surface area (Å²) in [5.74, 6) is 0. The summed E-state index contributed by atoms with van der Waals surface area (Å²) in [6, 6.07) is 0.696. The van der Waals surface area contributed by atoms with Gasteiger partial charge in [-0.25, -0.2) is 0 Å². The zero-order valence-electron chi connectivity index (χ0n) is 13.0. The normalized spacial score (nSPS) is 33.8. The van der Waals surface area contributed by atoms with E-state index in [1.54, 1.807) is 0 Å². The van der Waals surface area contributed by atoms with Gasteiger partial charge in [-0.1, -0.05) is 6.92 Å². The molecule has 2 atom stereocenters. The maximum Gasteiger partial charge on any atom is 0.0666 e. The van der Waals surface area contributed by atoms with Crippen molar-refractivity contribution in [3.05, 3.63) is 0 Å². The molecule has 1 N–H and O–H groups in total. The van der Waals surface area contributed by atoms with E-state index < -0.39 is 0 Å². The summed E-state index contributed by atoms with van der Waals surface area (Å²) < 4.78 is 5.94. The Balaban J connectivity index is 1.74. The Morgan fingerprint density at radius 2 is 2.11 bits per heavy atom. The second-order valence-electron chi connectivity index (χ2n) is 6.37. The summed E-state index contributed by atoms with van der Waals surface area (Å²) in [6.45, 7) is 12.5. The monoisotopic (exact) mass is 269 g/mol. The Morgan fingerprint density at radius 1 is 1.37 bits per heavy atom. The van der Waals surface area contributed by atoms with Crippen LogP contribution in [0.25, 0.3) is 0 Å². The lowest BCUT2D eigenvalue weighted by Gasteiger charge is -2.42. The molecule has 0 aromatic heterocycles. The van der Waals surface area contributed by atoms with E-state index in [0.29, 0.717) is 6.04 Å². The summed E-state index contributed by atoms with van der Waals surface area (Å²) in [4.78, 5) is 5.13. The van der Waals surface area contributed by atoms with Crippen molar-refractivity contribution in [3.63, 3.8) is 0 Å². The molecule has 4 nitrogen and oxygen atoms in total. The van der Waals surface area contributed by atoms with Gasteiger partial charge < -0.3 is 15.0 Å². The lowest BCUT2D eigenvalue weighted by molar-refractivity contribution is -0.0940. The van der Waals surface area contributed by atoms with Crippen LogP contribution in [0.5, 0.6) is 0 Å². The van der Waals surface area contributed by atoms with Crippen LogP contribution in [0.15, 0.2) is 0 Å². The van der Waals surface area contributed by atoms with E-state index in [1.165, 1.54) is 39.0 Å². The highest BCUT2D eigenvalue weighted by molar-refractivity contribution is 4.86. The van der Waals surface area contributed by atoms with Crippen molar-refractivity contribution >= 4 is 0 Å². The van der Waals surface area contributed by atoms with Crippen LogP contribution < -0.4 is 5.32 Å². The number of piperazine rings is 1. The van der Waals surface area contributed by atoms with Crippen LogP contribution in [0.2, 0.25) is 0 Å². The zero-order chi connectivity index (χ0) is 13.7. The second-order valence-corrected chi connectivity index (χ2v) is 6.37. The van der Waals surface area contributed by atoms with Gasteiger partial charge in [0.2, 0.25) is 0 Å². The minimum absolute atomic E-state index is 0.103.